The van der Waals surface area contributed by atoms with Gasteiger partial charge in [-0.1, -0.05) is 0 Å². The Hall–Kier alpha value is -6.59. The lowest BCUT2D eigenvalue weighted by Gasteiger charge is -2.23. The van der Waals surface area contributed by atoms with E-state index in [2.05, 4.69) is 41.2 Å². The number of H-pyrrole nitrogens is 1. The average Bonchev–Trinajstić information content (AvgIpc) is 3.19. The summed E-state index contributed by atoms with van der Waals surface area (Å²) in [4.78, 5) is 137. The van der Waals surface area contributed by atoms with E-state index in [0.717, 1.165) is 35.8 Å². The molecule has 0 radical (unpaired) electrons. The van der Waals surface area contributed by atoms with Crippen molar-refractivity contribution in [3.8, 4) is 5.75 Å². The Bertz CT molecular complexity index is 2040. The van der Waals surface area contributed by atoms with Gasteiger partial charge in [0.15, 0.2) is 11.6 Å². The van der Waals surface area contributed by atoms with Crippen LogP contribution in [0.4, 0.5) is 11.8 Å². The average molecular weight is 915 g/mol. The van der Waals surface area contributed by atoms with Gasteiger partial charge in [-0.2, -0.15) is 0 Å². The number of carbonyl (C=O) groups is 9. The summed E-state index contributed by atoms with van der Waals surface area (Å²) in [5, 5.41) is 53.0. The van der Waals surface area contributed by atoms with E-state index in [4.69, 9.17) is 43.4 Å². The van der Waals surface area contributed by atoms with Gasteiger partial charge < -0.3 is 69.7 Å². The Labute approximate surface area is 358 Å². The summed E-state index contributed by atoms with van der Waals surface area (Å²) in [6.45, 7) is -1.69. The number of nitrogen functional groups attached to an aromatic ring is 2. The van der Waals surface area contributed by atoms with Crippen molar-refractivity contribution in [1.82, 2.24) is 41.2 Å². The number of hydrogen-bond donors (Lipinski definition) is 14. The van der Waals surface area contributed by atoms with Gasteiger partial charge in [0.25, 0.3) is 5.56 Å². The summed E-state index contributed by atoms with van der Waals surface area (Å²) in [5.41, 5.74) is 21.7. The molecule has 0 bridgehead atoms. The number of carboxylic acids is 4. The molecular weight excluding hydrogens is 869 g/mol. The molecule has 0 fully saturated rings. The number of ketones is 1. The van der Waals surface area contributed by atoms with Crippen LogP contribution >= 0.6 is 23.5 Å². The van der Waals surface area contributed by atoms with Crippen molar-refractivity contribution in [3.05, 3.63) is 34.1 Å². The van der Waals surface area contributed by atoms with Crippen LogP contribution in [-0.2, 0) is 43.2 Å². The molecule has 2 aromatic heterocycles. The first kappa shape index (κ1) is 51.6. The number of nitrogens with zero attached hydrogens (tertiary/aromatic N) is 3. The number of aromatic hydroxyl groups is 1. The predicted octanol–water partition coefficient (Wildman–Crippen LogP) is -4.22. The van der Waals surface area contributed by atoms with E-state index in [1.807, 2.05) is 0 Å². The fourth-order valence-corrected chi connectivity index (χ4v) is 7.39. The third-order valence-corrected chi connectivity index (χ3v) is 10.7. The molecule has 27 nitrogen and oxygen atoms in total. The monoisotopic (exact) mass is 914 g/mol. The standard InChI is InChI=1S/C33H46N12O15S2/c34-14(31(57)58)1-3-22(48)41-17(29(55)39-9-25(51)52)11-61-20(16-7-24(50)44-33(37)43-16)5-13(46)6-21(28-38-8-19(47)27(36)45-28)62-12-18(30(56)40-10-26(53)54)42-23(49)4-2-15(35)32(59)60/h7-8,14-15,17-18,20-21,47H,1-6,9-12,34-35H2,(H,39,55)(H,40,56)(H,41,48)(H,42,49)(H,51,52)(H,53,54)(H,57,58)(H,59,60)(H2,36,38,45)(H3,37,43,44,50)/t14-,15+,17-,18-,20?,21?/m0/s1. The summed E-state index contributed by atoms with van der Waals surface area (Å²) < 4.78 is 0. The number of aromatic nitrogens is 4. The molecule has 29 heteroatoms. The maximum absolute atomic E-state index is 14.0. The molecule has 0 saturated carbocycles. The second-order valence-electron chi connectivity index (χ2n) is 13.1. The number of amides is 4. The molecule has 2 aromatic rings. The second kappa shape index (κ2) is 25.2. The number of hydrogen-bond acceptors (Lipinski definition) is 20. The number of carbonyl (C=O) groups excluding carboxylic acids is 5. The van der Waals surface area contributed by atoms with Crippen molar-refractivity contribution < 1.29 is 68.7 Å². The number of aromatic amines is 1. The quantitative estimate of drug-likeness (QED) is 0.0385. The molecule has 0 saturated heterocycles. The minimum Gasteiger partial charge on any atom is -0.503 e. The highest BCUT2D eigenvalue weighted by Crippen LogP contribution is 2.37. The fraction of sp³-hybridized carbons (Fsp3) is 0.485. The van der Waals surface area contributed by atoms with E-state index >= 15 is 0 Å². The maximum Gasteiger partial charge on any atom is 0.322 e. The zero-order valence-electron chi connectivity index (χ0n) is 32.5. The van der Waals surface area contributed by atoms with Gasteiger partial charge in [-0.15, -0.1) is 23.5 Å². The molecule has 0 spiro atoms. The number of nitrogens with two attached hydrogens (primary N) is 4. The second-order valence-corrected chi connectivity index (χ2v) is 15.5. The summed E-state index contributed by atoms with van der Waals surface area (Å²) in [7, 11) is 0. The van der Waals surface area contributed by atoms with Crippen molar-refractivity contribution in [2.75, 3.05) is 36.1 Å². The minimum atomic E-state index is -1.49. The van der Waals surface area contributed by atoms with Gasteiger partial charge in [0.05, 0.1) is 22.4 Å². The molecule has 18 N–H and O–H groups in total. The molecule has 0 aliphatic heterocycles. The molecule has 0 aromatic carbocycles. The molecule has 62 heavy (non-hydrogen) atoms. The van der Waals surface area contributed by atoms with Crippen LogP contribution in [0.1, 0.15) is 60.5 Å². The molecule has 2 rings (SSSR count). The van der Waals surface area contributed by atoms with Crippen LogP contribution in [0.5, 0.6) is 5.75 Å². The summed E-state index contributed by atoms with van der Waals surface area (Å²) >= 11 is 1.63. The Morgan fingerprint density at radius 3 is 1.63 bits per heavy atom. The number of anilines is 2. The van der Waals surface area contributed by atoms with E-state index in [1.54, 1.807) is 0 Å². The van der Waals surface area contributed by atoms with E-state index < -0.39 is 144 Å². The third-order valence-electron chi connectivity index (χ3n) is 8.10. The van der Waals surface area contributed by atoms with Crippen LogP contribution in [0.15, 0.2) is 17.1 Å². The van der Waals surface area contributed by atoms with Crippen molar-refractivity contribution in [2.24, 2.45) is 11.5 Å². The number of Topliss-reactive ketones (excluding diaryl/α,β-unsaturated/α-hetero) is 1. The van der Waals surface area contributed by atoms with E-state index in [1.165, 1.54) is 0 Å². The lowest BCUT2D eigenvalue weighted by atomic mass is 10.1. The topological polar surface area (TPSA) is 479 Å². The largest absolute Gasteiger partial charge is 0.503 e. The summed E-state index contributed by atoms with van der Waals surface area (Å²) in [6.07, 6.45) is -1.56. The SMILES string of the molecule is Nc1nc(C(CC(=O)CC(SC[C@H](NC(=O)CC[C@@H](N)C(=O)O)C(=O)NCC(=O)O)c2ncc(O)c(N)n2)SC[C@H](NC(=O)CC[C@H](N)C(=O)O)C(=O)NCC(=O)O)cc(=O)[nH]1. The van der Waals surface area contributed by atoms with Crippen LogP contribution in [-0.4, -0.2) is 148 Å². The van der Waals surface area contributed by atoms with E-state index in [-0.39, 0.29) is 41.8 Å². The molecule has 340 valence electrons. The Morgan fingerprint density at radius 2 is 1.19 bits per heavy atom. The van der Waals surface area contributed by atoms with Crippen LogP contribution < -0.4 is 49.8 Å². The van der Waals surface area contributed by atoms with Gasteiger partial charge in [0.2, 0.25) is 29.6 Å². The van der Waals surface area contributed by atoms with Gasteiger partial charge in [0.1, 0.15) is 48.9 Å². The minimum absolute atomic E-state index is 0.0668. The van der Waals surface area contributed by atoms with E-state index in [9.17, 15) is 53.1 Å². The van der Waals surface area contributed by atoms with Crippen LogP contribution in [0.25, 0.3) is 0 Å². The highest BCUT2D eigenvalue weighted by Gasteiger charge is 2.30. The highest BCUT2D eigenvalue weighted by atomic mass is 32.2. The molecule has 2 heterocycles. The van der Waals surface area contributed by atoms with E-state index in [0.29, 0.717) is 0 Å². The molecular formula is C33H46N12O15S2. The molecule has 4 amide bonds. The normalized spacial score (nSPS) is 13.8. The van der Waals surface area contributed by atoms with Crippen molar-refractivity contribution in [3.63, 3.8) is 0 Å². The molecule has 2 unspecified atom stereocenters. The molecule has 0 aliphatic carbocycles. The highest BCUT2D eigenvalue weighted by molar-refractivity contribution is 7.99. The number of nitrogens with one attached hydrogen (secondary N) is 5. The van der Waals surface area contributed by atoms with Gasteiger partial charge >= 0.3 is 23.9 Å². The fourth-order valence-electron chi connectivity index (χ4n) is 4.91. The Balaban J connectivity index is 2.45. The smallest absolute Gasteiger partial charge is 0.322 e. The van der Waals surface area contributed by atoms with Gasteiger partial charge in [-0.3, -0.25) is 52.9 Å². The van der Waals surface area contributed by atoms with Gasteiger partial charge in [0, 0.05) is 43.3 Å². The Kier molecular flexibility index (Phi) is 21.0. The van der Waals surface area contributed by atoms with Gasteiger partial charge in [-0.25, -0.2) is 15.0 Å². The van der Waals surface area contributed by atoms with Crippen LogP contribution in [0.3, 0.4) is 0 Å². The van der Waals surface area contributed by atoms with Crippen LogP contribution in [0, 0.1) is 0 Å². The zero-order valence-corrected chi connectivity index (χ0v) is 34.1. The predicted molar refractivity (Wildman–Crippen MR) is 217 cm³/mol. The number of rotatable bonds is 28. The van der Waals surface area contributed by atoms with Crippen molar-refractivity contribution in [2.45, 2.75) is 73.2 Å². The first-order valence-corrected chi connectivity index (χ1v) is 20.1. The number of aliphatic carboxylic acids is 4. The lowest BCUT2D eigenvalue weighted by Crippen LogP contribution is -2.49. The number of thioether (sulfide) groups is 2. The lowest BCUT2D eigenvalue weighted by molar-refractivity contribution is -0.140. The third kappa shape index (κ3) is 18.8. The van der Waals surface area contributed by atoms with Crippen molar-refractivity contribution >= 4 is 88.6 Å². The van der Waals surface area contributed by atoms with Gasteiger partial charge in [-0.05, 0) is 12.8 Å². The maximum atomic E-state index is 14.0. The van der Waals surface area contributed by atoms with Crippen LogP contribution in [0.2, 0.25) is 0 Å². The summed E-state index contributed by atoms with van der Waals surface area (Å²) in [6, 6.07) is -4.77. The Morgan fingerprint density at radius 1 is 0.726 bits per heavy atom. The number of carboxylic acid groups (broad SMARTS) is 4. The molecule has 6 atom stereocenters. The molecule has 0 aliphatic rings. The zero-order chi connectivity index (χ0) is 46.7. The first-order valence-electron chi connectivity index (χ1n) is 18.0. The summed E-state index contributed by atoms with van der Waals surface area (Å²) in [5.74, 6) is -12.0. The van der Waals surface area contributed by atoms with Crippen molar-refractivity contribution in [1.29, 1.82) is 0 Å². The first-order chi connectivity index (χ1) is 29.1.